The lowest BCUT2D eigenvalue weighted by molar-refractivity contribution is -0.386. The van der Waals surface area contributed by atoms with Gasteiger partial charge in [0.1, 0.15) is 12.2 Å². The summed E-state index contributed by atoms with van der Waals surface area (Å²) in [4.78, 5) is 46.5. The van der Waals surface area contributed by atoms with Gasteiger partial charge in [-0.2, -0.15) is 0 Å². The summed E-state index contributed by atoms with van der Waals surface area (Å²) in [6.45, 7) is -0.213. The van der Waals surface area contributed by atoms with Gasteiger partial charge in [-0.3, -0.25) is 35.2 Å². The van der Waals surface area contributed by atoms with E-state index in [0.29, 0.717) is 11.3 Å². The van der Waals surface area contributed by atoms with Crippen LogP contribution in [-0.4, -0.2) is 21.7 Å². The van der Waals surface area contributed by atoms with Gasteiger partial charge in [0.15, 0.2) is 0 Å². The number of carbonyl (C=O) groups excluding carboxylic acids is 2. The number of nitrogens with zero attached hydrogens (tertiary/aromatic N) is 3. The molecule has 1 N–H and O–H groups in total. The van der Waals surface area contributed by atoms with Crippen molar-refractivity contribution in [1.29, 1.82) is 0 Å². The molecule has 0 aliphatic carbocycles. The molecule has 176 valence electrons. The van der Waals surface area contributed by atoms with Gasteiger partial charge < -0.3 is 4.74 Å². The fourth-order valence-corrected chi connectivity index (χ4v) is 3.64. The van der Waals surface area contributed by atoms with Crippen LogP contribution in [-0.2, 0) is 16.2 Å². The van der Waals surface area contributed by atoms with Crippen molar-refractivity contribution in [2.24, 2.45) is 0 Å². The fraction of sp³-hybridized carbons (Fsp3) is 0.0435. The van der Waals surface area contributed by atoms with Crippen molar-refractivity contribution in [2.75, 3.05) is 5.01 Å². The molecule has 12 heteroatoms. The Morgan fingerprint density at radius 2 is 1.71 bits per heavy atom. The Morgan fingerprint density at radius 3 is 2.40 bits per heavy atom. The molecule has 1 saturated heterocycles. The zero-order valence-corrected chi connectivity index (χ0v) is 18.5. The van der Waals surface area contributed by atoms with Crippen molar-refractivity contribution < 1.29 is 24.2 Å². The molecule has 1 aliphatic heterocycles. The Labute approximate surface area is 202 Å². The number of nitrogens with one attached hydrogen (secondary N) is 1. The van der Waals surface area contributed by atoms with Gasteiger partial charge in [0.2, 0.25) is 5.75 Å². The number of non-ortho nitro benzene ring substituents is 1. The number of benzene rings is 3. The number of para-hydroxylation sites is 1. The van der Waals surface area contributed by atoms with E-state index in [2.05, 4.69) is 5.43 Å². The van der Waals surface area contributed by atoms with Crippen LogP contribution < -0.4 is 15.2 Å². The zero-order chi connectivity index (χ0) is 25.1. The van der Waals surface area contributed by atoms with Crippen LogP contribution in [0.5, 0.6) is 5.75 Å². The molecule has 1 fully saturated rings. The first kappa shape index (κ1) is 23.4. The molecule has 2 amide bonds. The van der Waals surface area contributed by atoms with Crippen molar-refractivity contribution in [2.45, 2.75) is 6.61 Å². The van der Waals surface area contributed by atoms with Gasteiger partial charge in [0, 0.05) is 18.2 Å². The quantitative estimate of drug-likeness (QED) is 0.224. The second kappa shape index (κ2) is 9.61. The summed E-state index contributed by atoms with van der Waals surface area (Å²) in [6.07, 6.45) is 1.20. The molecule has 0 spiro atoms. The zero-order valence-electron chi connectivity index (χ0n) is 17.7. The summed E-state index contributed by atoms with van der Waals surface area (Å²) in [5.41, 5.74) is 2.55. The van der Waals surface area contributed by atoms with Crippen LogP contribution in [0, 0.1) is 20.2 Å². The van der Waals surface area contributed by atoms with Crippen molar-refractivity contribution in [3.8, 4) is 5.75 Å². The summed E-state index contributed by atoms with van der Waals surface area (Å²) < 4.78 is 5.52. The lowest BCUT2D eigenvalue weighted by Gasteiger charge is -2.13. The number of ether oxygens (including phenoxy) is 1. The third-order valence-corrected chi connectivity index (χ3v) is 5.25. The van der Waals surface area contributed by atoms with E-state index in [0.717, 1.165) is 11.1 Å². The van der Waals surface area contributed by atoms with Crippen LogP contribution >= 0.6 is 11.6 Å². The monoisotopic (exact) mass is 494 g/mol. The normalized spacial score (nSPS) is 14.2. The first-order chi connectivity index (χ1) is 16.7. The van der Waals surface area contributed by atoms with E-state index >= 15 is 0 Å². The van der Waals surface area contributed by atoms with Crippen molar-refractivity contribution >= 4 is 46.6 Å². The number of hydrogen-bond acceptors (Lipinski definition) is 7. The van der Waals surface area contributed by atoms with Crippen molar-refractivity contribution in [3.63, 3.8) is 0 Å². The van der Waals surface area contributed by atoms with Crippen LogP contribution in [0.4, 0.5) is 17.1 Å². The minimum Gasteiger partial charge on any atom is -0.481 e. The Hall–Kier alpha value is -4.77. The minimum atomic E-state index is -0.719. The van der Waals surface area contributed by atoms with Crippen molar-refractivity contribution in [3.05, 3.63) is 109 Å². The van der Waals surface area contributed by atoms with Crippen LogP contribution in [0.3, 0.4) is 0 Å². The number of nitro benzene ring substituents is 2. The predicted octanol–water partition coefficient (Wildman–Crippen LogP) is 4.20. The molecule has 0 saturated carbocycles. The molecule has 0 aromatic heterocycles. The molecule has 35 heavy (non-hydrogen) atoms. The van der Waals surface area contributed by atoms with E-state index in [9.17, 15) is 29.8 Å². The number of nitro groups is 2. The number of rotatable bonds is 7. The third kappa shape index (κ3) is 4.94. The highest BCUT2D eigenvalue weighted by atomic mass is 35.5. The van der Waals surface area contributed by atoms with E-state index in [1.54, 1.807) is 36.4 Å². The summed E-state index contributed by atoms with van der Waals surface area (Å²) in [5, 5.41) is 23.6. The largest absolute Gasteiger partial charge is 0.481 e. The van der Waals surface area contributed by atoms with Crippen LogP contribution in [0.1, 0.15) is 11.1 Å². The molecule has 0 atom stereocenters. The van der Waals surface area contributed by atoms with E-state index < -0.39 is 27.3 Å². The molecular formula is C23H15ClN4O7. The second-order valence-corrected chi connectivity index (χ2v) is 7.71. The molecule has 11 nitrogen and oxygen atoms in total. The molecule has 3 aromatic rings. The molecule has 3 aromatic carbocycles. The second-order valence-electron chi connectivity index (χ2n) is 7.30. The highest BCUT2D eigenvalue weighted by Gasteiger charge is 2.34. The number of amides is 2. The molecule has 0 bridgehead atoms. The van der Waals surface area contributed by atoms with Gasteiger partial charge >= 0.3 is 5.69 Å². The van der Waals surface area contributed by atoms with Gasteiger partial charge in [-0.25, -0.2) is 5.01 Å². The van der Waals surface area contributed by atoms with Gasteiger partial charge in [0.25, 0.3) is 17.5 Å². The number of hydrogen-bond donors (Lipinski definition) is 1. The number of hydrazine groups is 1. The van der Waals surface area contributed by atoms with Gasteiger partial charge in [-0.1, -0.05) is 41.9 Å². The van der Waals surface area contributed by atoms with Gasteiger partial charge in [-0.15, -0.1) is 0 Å². The maximum absolute atomic E-state index is 12.8. The van der Waals surface area contributed by atoms with Gasteiger partial charge in [0.05, 0.1) is 20.6 Å². The summed E-state index contributed by atoms with van der Waals surface area (Å²) in [6, 6.07) is 16.5. The molecular weight excluding hydrogens is 480 g/mol. The summed E-state index contributed by atoms with van der Waals surface area (Å²) >= 11 is 6.25. The predicted molar refractivity (Wildman–Crippen MR) is 126 cm³/mol. The topological polar surface area (TPSA) is 145 Å². The Balaban J connectivity index is 1.62. The van der Waals surface area contributed by atoms with Gasteiger partial charge in [-0.05, 0) is 35.4 Å². The number of carbonyl (C=O) groups is 2. The Kier molecular flexibility index (Phi) is 6.42. The number of anilines is 1. The average Bonchev–Trinajstić information content (AvgIpc) is 3.12. The molecule has 0 radical (unpaired) electrons. The maximum atomic E-state index is 12.8. The highest BCUT2D eigenvalue weighted by molar-refractivity contribution is 6.33. The van der Waals surface area contributed by atoms with Crippen LogP contribution in [0.15, 0.2) is 72.3 Å². The first-order valence-electron chi connectivity index (χ1n) is 10.0. The smallest absolute Gasteiger partial charge is 0.313 e. The first-order valence-corrected chi connectivity index (χ1v) is 10.4. The lowest BCUT2D eigenvalue weighted by Crippen LogP contribution is -2.35. The standard InChI is InChI=1S/C23H15ClN4O7/c24-19-11-15(10-18-22(29)25-26(23(18)30)16-6-2-1-3-7-16)12-20(28(33)34)21(19)35-13-14-5-4-8-17(9-14)27(31)32/h1-12H,13H2,(H,25,29)/b18-10-. The molecule has 4 rings (SSSR count). The molecule has 1 heterocycles. The van der Waals surface area contributed by atoms with Crippen LogP contribution in [0.25, 0.3) is 6.08 Å². The Bertz CT molecular complexity index is 1390. The maximum Gasteiger partial charge on any atom is 0.313 e. The van der Waals surface area contributed by atoms with Crippen LogP contribution in [0.2, 0.25) is 5.02 Å². The highest BCUT2D eigenvalue weighted by Crippen LogP contribution is 2.37. The Morgan fingerprint density at radius 1 is 0.971 bits per heavy atom. The SMILES string of the molecule is O=C1NN(c2ccccc2)C(=O)/C1=C\c1cc(Cl)c(OCc2cccc([N+](=O)[O-])c2)c([N+](=O)[O-])c1. The summed E-state index contributed by atoms with van der Waals surface area (Å²) in [5.74, 6) is -1.56. The fourth-order valence-electron chi connectivity index (χ4n) is 3.36. The van der Waals surface area contributed by atoms with E-state index in [4.69, 9.17) is 16.3 Å². The third-order valence-electron chi connectivity index (χ3n) is 4.96. The number of halogens is 1. The average molecular weight is 495 g/mol. The van der Waals surface area contributed by atoms with E-state index in [1.165, 1.54) is 30.3 Å². The van der Waals surface area contributed by atoms with Crippen molar-refractivity contribution in [1.82, 2.24) is 5.43 Å². The molecule has 0 unspecified atom stereocenters. The van der Waals surface area contributed by atoms with E-state index in [-0.39, 0.29) is 34.2 Å². The molecule has 1 aliphatic rings. The lowest BCUT2D eigenvalue weighted by atomic mass is 10.1. The minimum absolute atomic E-state index is 0.137. The summed E-state index contributed by atoms with van der Waals surface area (Å²) in [7, 11) is 0. The van der Waals surface area contributed by atoms with E-state index in [1.807, 2.05) is 0 Å².